The molecule has 0 aromatic heterocycles. The Bertz CT molecular complexity index is 842. The van der Waals surface area contributed by atoms with Crippen molar-refractivity contribution in [1.29, 1.82) is 0 Å². The number of nitrogens with zero attached hydrogens (tertiary/aromatic N) is 1. The number of hydrogen-bond acceptors (Lipinski definition) is 4. The molecule has 5 nitrogen and oxygen atoms in total. The molecule has 2 aromatic carbocycles. The number of fused-ring (bicyclic) bond motifs is 1. The van der Waals surface area contributed by atoms with Gasteiger partial charge in [0.15, 0.2) is 17.2 Å². The first-order valence-corrected chi connectivity index (χ1v) is 8.97. The first-order chi connectivity index (χ1) is 12.7. The van der Waals surface area contributed by atoms with Crippen molar-refractivity contribution in [2.75, 3.05) is 6.61 Å². The van der Waals surface area contributed by atoms with Crippen molar-refractivity contribution in [3.05, 3.63) is 53.4 Å². The molecule has 0 amide bonds. The lowest BCUT2D eigenvalue weighted by Crippen LogP contribution is -2.27. The minimum atomic E-state index is -0.859. The molecule has 132 valence electrons. The molecular weight excluding hydrogens is 329 g/mol. The number of hydrogen-bond donors (Lipinski definition) is 1. The number of ether oxygens (including phenoxy) is 2. The Kier molecular flexibility index (Phi) is 4.83. The second kappa shape index (κ2) is 7.41. The van der Waals surface area contributed by atoms with Crippen LogP contribution in [0.5, 0.6) is 17.2 Å². The van der Waals surface area contributed by atoms with Crippen LogP contribution in [0, 0.1) is 12.5 Å². The van der Waals surface area contributed by atoms with E-state index in [1.165, 1.54) is 25.7 Å². The monoisotopic (exact) mass is 349 g/mol. The Labute approximate surface area is 153 Å². The van der Waals surface area contributed by atoms with E-state index in [0.717, 1.165) is 11.0 Å². The van der Waals surface area contributed by atoms with Crippen LogP contribution >= 0.6 is 0 Å². The summed E-state index contributed by atoms with van der Waals surface area (Å²) in [6.07, 6.45) is 4.93. The minimum Gasteiger partial charge on any atom is -0.491 e. The molecule has 4 rings (SSSR count). The van der Waals surface area contributed by atoms with Crippen molar-refractivity contribution in [3.63, 3.8) is 0 Å². The van der Waals surface area contributed by atoms with Gasteiger partial charge in [-0.1, -0.05) is 25.0 Å². The van der Waals surface area contributed by atoms with Gasteiger partial charge in [0.25, 0.3) is 0 Å². The Morgan fingerprint density at radius 3 is 2.81 bits per heavy atom. The number of rotatable bonds is 5. The highest BCUT2D eigenvalue weighted by Gasteiger charge is 2.27. The quantitative estimate of drug-likeness (QED) is 0.659. The van der Waals surface area contributed by atoms with Crippen molar-refractivity contribution >= 4 is 18.3 Å². The van der Waals surface area contributed by atoms with Gasteiger partial charge in [-0.15, -0.1) is 0 Å². The van der Waals surface area contributed by atoms with E-state index in [0.29, 0.717) is 42.1 Å². The molecule has 1 heterocycles. The average Bonchev–Trinajstić information content (AvgIpc) is 3.31. The lowest BCUT2D eigenvalue weighted by atomic mass is 9.80. The molecule has 1 aliphatic heterocycles. The fourth-order valence-corrected chi connectivity index (χ4v) is 3.55. The zero-order valence-electron chi connectivity index (χ0n) is 14.5. The molecular formula is C20H20BNO4. The van der Waals surface area contributed by atoms with Crippen LogP contribution < -0.4 is 14.9 Å². The third kappa shape index (κ3) is 3.55. The molecule has 1 aliphatic carbocycles. The van der Waals surface area contributed by atoms with Gasteiger partial charge in [-0.25, -0.2) is 4.85 Å². The smallest absolute Gasteiger partial charge is 0.491 e. The van der Waals surface area contributed by atoms with E-state index in [-0.39, 0.29) is 0 Å². The fraction of sp³-hybridized carbons (Fsp3) is 0.350. The van der Waals surface area contributed by atoms with Crippen LogP contribution in [0.4, 0.5) is 5.69 Å². The van der Waals surface area contributed by atoms with Gasteiger partial charge < -0.3 is 19.2 Å². The van der Waals surface area contributed by atoms with Crippen molar-refractivity contribution in [3.8, 4) is 17.2 Å². The SMILES string of the molecule is [C-]#[N+]c1ccc(Oc2ccc3c(c2)COB3O)c(OCC2CCCC2)c1. The first kappa shape index (κ1) is 17.0. The zero-order chi connectivity index (χ0) is 17.9. The summed E-state index contributed by atoms with van der Waals surface area (Å²) in [5.74, 6) is 2.43. The molecule has 1 saturated carbocycles. The molecule has 6 heteroatoms. The van der Waals surface area contributed by atoms with E-state index in [9.17, 15) is 5.02 Å². The highest BCUT2D eigenvalue weighted by Crippen LogP contribution is 2.36. The number of benzene rings is 2. The van der Waals surface area contributed by atoms with Gasteiger partial charge in [-0.05, 0) is 54.1 Å². The largest absolute Gasteiger partial charge is 0.491 e. The highest BCUT2D eigenvalue weighted by molar-refractivity contribution is 6.61. The third-order valence-electron chi connectivity index (χ3n) is 5.01. The van der Waals surface area contributed by atoms with Crippen LogP contribution in [0.3, 0.4) is 0 Å². The summed E-state index contributed by atoms with van der Waals surface area (Å²) in [5, 5.41) is 9.73. The first-order valence-electron chi connectivity index (χ1n) is 8.97. The second-order valence-electron chi connectivity index (χ2n) is 6.83. The lowest BCUT2D eigenvalue weighted by molar-refractivity contribution is 0.244. The van der Waals surface area contributed by atoms with Crippen molar-refractivity contribution < 1.29 is 19.2 Å². The average molecular weight is 349 g/mol. The molecule has 1 fully saturated rings. The molecule has 2 aromatic rings. The maximum atomic E-state index is 9.73. The van der Waals surface area contributed by atoms with E-state index in [1.54, 1.807) is 24.3 Å². The van der Waals surface area contributed by atoms with E-state index < -0.39 is 7.12 Å². The van der Waals surface area contributed by atoms with Crippen LogP contribution in [-0.4, -0.2) is 18.7 Å². The van der Waals surface area contributed by atoms with Crippen LogP contribution in [0.2, 0.25) is 0 Å². The Morgan fingerprint density at radius 2 is 2.00 bits per heavy atom. The molecule has 0 radical (unpaired) electrons. The predicted octanol–water partition coefficient (Wildman–Crippen LogP) is 3.82. The lowest BCUT2D eigenvalue weighted by Gasteiger charge is -2.16. The minimum absolute atomic E-state index is 0.370. The molecule has 1 N–H and O–H groups in total. The van der Waals surface area contributed by atoms with Crippen LogP contribution in [-0.2, 0) is 11.3 Å². The summed E-state index contributed by atoms with van der Waals surface area (Å²) < 4.78 is 17.3. The van der Waals surface area contributed by atoms with E-state index in [2.05, 4.69) is 4.85 Å². The molecule has 0 spiro atoms. The maximum Gasteiger partial charge on any atom is 0.491 e. The molecule has 0 saturated heterocycles. The molecule has 26 heavy (non-hydrogen) atoms. The summed E-state index contributed by atoms with van der Waals surface area (Å²) in [5.41, 5.74) is 2.23. The van der Waals surface area contributed by atoms with Gasteiger partial charge in [0, 0.05) is 0 Å². The van der Waals surface area contributed by atoms with Crippen molar-refractivity contribution in [2.45, 2.75) is 32.3 Å². The van der Waals surface area contributed by atoms with Crippen molar-refractivity contribution in [2.24, 2.45) is 5.92 Å². The van der Waals surface area contributed by atoms with Crippen molar-refractivity contribution in [1.82, 2.24) is 0 Å². The van der Waals surface area contributed by atoms with Gasteiger partial charge in [-0.3, -0.25) is 0 Å². The molecule has 0 bridgehead atoms. The predicted molar refractivity (Wildman–Crippen MR) is 99.1 cm³/mol. The second-order valence-corrected chi connectivity index (χ2v) is 6.83. The summed E-state index contributed by atoms with van der Waals surface area (Å²) in [7, 11) is -0.859. The normalized spacial score (nSPS) is 16.4. The van der Waals surface area contributed by atoms with Gasteiger partial charge in [-0.2, -0.15) is 0 Å². The molecule has 2 aliphatic rings. The van der Waals surface area contributed by atoms with E-state index in [4.69, 9.17) is 20.7 Å². The molecule has 0 atom stereocenters. The summed E-state index contributed by atoms with van der Waals surface area (Å²) in [4.78, 5) is 3.48. The van der Waals surface area contributed by atoms with E-state index >= 15 is 0 Å². The van der Waals surface area contributed by atoms with Gasteiger partial charge in [0.05, 0.1) is 19.8 Å². The third-order valence-corrected chi connectivity index (χ3v) is 5.01. The highest BCUT2D eigenvalue weighted by atomic mass is 16.5. The summed E-state index contributed by atoms with van der Waals surface area (Å²) in [6, 6.07) is 10.7. The van der Waals surface area contributed by atoms with Gasteiger partial charge in [0.1, 0.15) is 5.75 Å². The van der Waals surface area contributed by atoms with Gasteiger partial charge >= 0.3 is 7.12 Å². The molecule has 0 unspecified atom stereocenters. The summed E-state index contributed by atoms with van der Waals surface area (Å²) >= 11 is 0. The van der Waals surface area contributed by atoms with Crippen LogP contribution in [0.15, 0.2) is 36.4 Å². The maximum absolute atomic E-state index is 9.73. The Balaban J connectivity index is 1.54. The topological polar surface area (TPSA) is 52.3 Å². The fourth-order valence-electron chi connectivity index (χ4n) is 3.55. The van der Waals surface area contributed by atoms with Gasteiger partial charge in [0.2, 0.25) is 0 Å². The standard InChI is InChI=1S/C20H20BNO4/c1-22-16-6-9-19(20(11-16)24-12-14-4-2-3-5-14)26-17-7-8-18-15(10-17)13-25-21(18)23/h6-11,14,23H,2-5,12-13H2. The van der Waals surface area contributed by atoms with Crippen LogP contribution in [0.1, 0.15) is 31.2 Å². The van der Waals surface area contributed by atoms with E-state index in [1.807, 2.05) is 12.1 Å². The van der Waals surface area contributed by atoms with Crippen LogP contribution in [0.25, 0.3) is 4.85 Å². The Hall–Kier alpha value is -2.49. The zero-order valence-corrected chi connectivity index (χ0v) is 14.5. The Morgan fingerprint density at radius 1 is 1.15 bits per heavy atom. The summed E-state index contributed by atoms with van der Waals surface area (Å²) in [6.45, 7) is 8.25.